The van der Waals surface area contributed by atoms with E-state index in [0.717, 1.165) is 12.8 Å². The standard InChI is InChI=1S/C19H17N3O4/c23-17(21-13-5-7-20-8-6-13)12-3-4-15-16(10-12)19(25)22(18(15)24)11-14-2-1-9-26-14/h3-8,10,14H,1-2,9,11H2,(H,20,21,23)/t14-/m0/s1. The van der Waals surface area contributed by atoms with Gasteiger partial charge in [0.1, 0.15) is 0 Å². The van der Waals surface area contributed by atoms with Gasteiger partial charge in [0, 0.05) is 30.3 Å². The molecule has 1 fully saturated rings. The van der Waals surface area contributed by atoms with Crippen LogP contribution in [0.1, 0.15) is 43.9 Å². The van der Waals surface area contributed by atoms with Crippen molar-refractivity contribution < 1.29 is 19.1 Å². The van der Waals surface area contributed by atoms with Crippen LogP contribution in [0.3, 0.4) is 0 Å². The number of nitrogens with zero attached hydrogens (tertiary/aromatic N) is 2. The van der Waals surface area contributed by atoms with Gasteiger partial charge in [-0.2, -0.15) is 0 Å². The molecule has 0 spiro atoms. The fourth-order valence-electron chi connectivity index (χ4n) is 3.23. The Kier molecular flexibility index (Phi) is 4.22. The molecule has 1 aromatic heterocycles. The first-order chi connectivity index (χ1) is 12.6. The molecule has 1 saturated heterocycles. The Morgan fingerprint density at radius 2 is 1.92 bits per heavy atom. The Balaban J connectivity index is 1.54. The number of carbonyl (C=O) groups is 3. The van der Waals surface area contributed by atoms with Crippen LogP contribution in [0.2, 0.25) is 0 Å². The van der Waals surface area contributed by atoms with Crippen molar-refractivity contribution in [3.8, 4) is 0 Å². The zero-order valence-electron chi connectivity index (χ0n) is 14.0. The van der Waals surface area contributed by atoms with Gasteiger partial charge in [0.2, 0.25) is 0 Å². The van der Waals surface area contributed by atoms with Crippen LogP contribution in [0.5, 0.6) is 0 Å². The van der Waals surface area contributed by atoms with Crippen LogP contribution < -0.4 is 5.32 Å². The molecule has 2 aliphatic heterocycles. The number of benzene rings is 1. The van der Waals surface area contributed by atoms with Gasteiger partial charge in [0.05, 0.1) is 23.8 Å². The molecule has 0 radical (unpaired) electrons. The number of pyridine rings is 1. The Morgan fingerprint density at radius 1 is 1.15 bits per heavy atom. The van der Waals surface area contributed by atoms with E-state index in [9.17, 15) is 14.4 Å². The molecule has 1 aromatic carbocycles. The van der Waals surface area contributed by atoms with Crippen LogP contribution in [0.25, 0.3) is 0 Å². The van der Waals surface area contributed by atoms with Gasteiger partial charge < -0.3 is 10.1 Å². The lowest BCUT2D eigenvalue weighted by Gasteiger charge is -2.17. The monoisotopic (exact) mass is 351 g/mol. The summed E-state index contributed by atoms with van der Waals surface area (Å²) in [6, 6.07) is 7.90. The summed E-state index contributed by atoms with van der Waals surface area (Å²) in [5.74, 6) is -1.06. The van der Waals surface area contributed by atoms with Gasteiger partial charge in [-0.3, -0.25) is 24.3 Å². The highest BCUT2D eigenvalue weighted by Gasteiger charge is 2.37. The SMILES string of the molecule is O=C(Nc1ccncc1)c1ccc2c(c1)C(=O)N(C[C@@H]1CCCO1)C2=O. The van der Waals surface area contributed by atoms with Crippen molar-refractivity contribution in [2.75, 3.05) is 18.5 Å². The first-order valence-corrected chi connectivity index (χ1v) is 8.47. The van der Waals surface area contributed by atoms with Gasteiger partial charge in [-0.05, 0) is 43.2 Å². The smallest absolute Gasteiger partial charge is 0.261 e. The van der Waals surface area contributed by atoms with Crippen LogP contribution in [-0.2, 0) is 4.74 Å². The summed E-state index contributed by atoms with van der Waals surface area (Å²) >= 11 is 0. The second kappa shape index (κ2) is 6.68. The summed E-state index contributed by atoms with van der Waals surface area (Å²) in [6.45, 7) is 0.915. The van der Waals surface area contributed by atoms with E-state index in [2.05, 4.69) is 10.3 Å². The highest BCUT2D eigenvalue weighted by atomic mass is 16.5. The number of rotatable bonds is 4. The lowest BCUT2D eigenvalue weighted by molar-refractivity contribution is 0.0475. The topological polar surface area (TPSA) is 88.6 Å². The number of anilines is 1. The van der Waals surface area contributed by atoms with E-state index in [1.165, 1.54) is 17.0 Å². The molecule has 0 bridgehead atoms. The second-order valence-corrected chi connectivity index (χ2v) is 6.31. The van der Waals surface area contributed by atoms with Crippen LogP contribution >= 0.6 is 0 Å². The van der Waals surface area contributed by atoms with E-state index < -0.39 is 0 Å². The number of nitrogens with one attached hydrogen (secondary N) is 1. The number of aromatic nitrogens is 1. The number of carbonyl (C=O) groups excluding carboxylic acids is 3. The minimum atomic E-state index is -0.376. The summed E-state index contributed by atoms with van der Waals surface area (Å²) < 4.78 is 5.52. The maximum atomic E-state index is 12.6. The molecule has 7 heteroatoms. The molecule has 1 atom stereocenters. The van der Waals surface area contributed by atoms with Crippen molar-refractivity contribution >= 4 is 23.4 Å². The van der Waals surface area contributed by atoms with E-state index in [-0.39, 0.29) is 35.9 Å². The third-order valence-electron chi connectivity index (χ3n) is 4.58. The lowest BCUT2D eigenvalue weighted by atomic mass is 10.1. The van der Waals surface area contributed by atoms with Gasteiger partial charge >= 0.3 is 0 Å². The van der Waals surface area contributed by atoms with Gasteiger partial charge in [-0.15, -0.1) is 0 Å². The summed E-state index contributed by atoms with van der Waals surface area (Å²) in [5.41, 5.74) is 1.51. The molecule has 1 N–H and O–H groups in total. The molecule has 2 aliphatic rings. The molecule has 0 aliphatic carbocycles. The van der Waals surface area contributed by atoms with E-state index in [1.807, 2.05) is 0 Å². The summed E-state index contributed by atoms with van der Waals surface area (Å²) in [5, 5.41) is 2.74. The summed E-state index contributed by atoms with van der Waals surface area (Å²) in [6.07, 6.45) is 4.82. The molecule has 3 amide bonds. The van der Waals surface area contributed by atoms with E-state index in [0.29, 0.717) is 23.4 Å². The van der Waals surface area contributed by atoms with Crippen molar-refractivity contribution in [3.05, 3.63) is 59.4 Å². The average molecular weight is 351 g/mol. The third kappa shape index (κ3) is 2.97. The zero-order chi connectivity index (χ0) is 18.1. The first kappa shape index (κ1) is 16.4. The van der Waals surface area contributed by atoms with E-state index in [1.54, 1.807) is 30.6 Å². The van der Waals surface area contributed by atoms with Crippen LogP contribution in [0.15, 0.2) is 42.7 Å². The number of imide groups is 1. The van der Waals surface area contributed by atoms with Crippen molar-refractivity contribution in [1.82, 2.24) is 9.88 Å². The Bertz CT molecular complexity index is 876. The number of hydrogen-bond acceptors (Lipinski definition) is 5. The molecule has 7 nitrogen and oxygen atoms in total. The average Bonchev–Trinajstić information content (AvgIpc) is 3.25. The van der Waals surface area contributed by atoms with Crippen molar-refractivity contribution in [1.29, 1.82) is 0 Å². The van der Waals surface area contributed by atoms with Crippen LogP contribution in [0.4, 0.5) is 5.69 Å². The maximum absolute atomic E-state index is 12.6. The Morgan fingerprint density at radius 3 is 2.65 bits per heavy atom. The summed E-state index contributed by atoms with van der Waals surface area (Å²) in [7, 11) is 0. The molecule has 132 valence electrons. The molecular formula is C19H17N3O4. The fourth-order valence-corrected chi connectivity index (χ4v) is 3.23. The molecule has 4 rings (SSSR count). The van der Waals surface area contributed by atoms with Crippen molar-refractivity contribution in [2.24, 2.45) is 0 Å². The number of hydrogen-bond donors (Lipinski definition) is 1. The largest absolute Gasteiger partial charge is 0.376 e. The lowest BCUT2D eigenvalue weighted by Crippen LogP contribution is -2.36. The van der Waals surface area contributed by atoms with Crippen LogP contribution in [0, 0.1) is 0 Å². The van der Waals surface area contributed by atoms with E-state index >= 15 is 0 Å². The molecule has 0 unspecified atom stereocenters. The van der Waals surface area contributed by atoms with E-state index in [4.69, 9.17) is 4.74 Å². The fraction of sp³-hybridized carbons (Fsp3) is 0.263. The normalized spacial score (nSPS) is 18.9. The van der Waals surface area contributed by atoms with Crippen molar-refractivity contribution in [2.45, 2.75) is 18.9 Å². The quantitative estimate of drug-likeness (QED) is 0.852. The summed E-state index contributed by atoms with van der Waals surface area (Å²) in [4.78, 5) is 42.7. The second-order valence-electron chi connectivity index (χ2n) is 6.31. The molecule has 3 heterocycles. The third-order valence-corrected chi connectivity index (χ3v) is 4.58. The predicted molar refractivity (Wildman–Crippen MR) is 93.0 cm³/mol. The molecule has 2 aromatic rings. The molecular weight excluding hydrogens is 334 g/mol. The van der Waals surface area contributed by atoms with Gasteiger partial charge in [-0.25, -0.2) is 0 Å². The molecule has 26 heavy (non-hydrogen) atoms. The predicted octanol–water partition coefficient (Wildman–Crippen LogP) is 2.11. The first-order valence-electron chi connectivity index (χ1n) is 8.47. The minimum Gasteiger partial charge on any atom is -0.376 e. The zero-order valence-corrected chi connectivity index (χ0v) is 14.0. The highest BCUT2D eigenvalue weighted by molar-refractivity contribution is 6.22. The number of ether oxygens (including phenoxy) is 1. The van der Waals surface area contributed by atoms with Gasteiger partial charge in [0.15, 0.2) is 0 Å². The van der Waals surface area contributed by atoms with Crippen LogP contribution in [-0.4, -0.2) is 46.9 Å². The minimum absolute atomic E-state index is 0.105. The maximum Gasteiger partial charge on any atom is 0.261 e. The van der Waals surface area contributed by atoms with Gasteiger partial charge in [-0.1, -0.05) is 0 Å². The Labute approximate surface area is 150 Å². The van der Waals surface area contributed by atoms with Crippen molar-refractivity contribution in [3.63, 3.8) is 0 Å². The molecule has 0 saturated carbocycles. The highest BCUT2D eigenvalue weighted by Crippen LogP contribution is 2.26. The van der Waals surface area contributed by atoms with Gasteiger partial charge in [0.25, 0.3) is 17.7 Å². The number of fused-ring (bicyclic) bond motifs is 1. The number of amides is 3. The Hall–Kier alpha value is -3.06.